The van der Waals surface area contributed by atoms with Gasteiger partial charge in [-0.25, -0.2) is 17.2 Å². The van der Waals surface area contributed by atoms with E-state index in [1.165, 1.54) is 18.0 Å². The Morgan fingerprint density at radius 1 is 1.24 bits per heavy atom. The number of nitrogens with zero attached hydrogens (tertiary/aromatic N) is 1. The van der Waals surface area contributed by atoms with Gasteiger partial charge in [0.15, 0.2) is 21.5 Å². The van der Waals surface area contributed by atoms with Gasteiger partial charge in [0.1, 0.15) is 5.75 Å². The maximum absolute atomic E-state index is 13.3. The largest absolute Gasteiger partial charge is 0.338 e. The Morgan fingerprint density at radius 3 is 2.48 bits per heavy atom. The van der Waals surface area contributed by atoms with Crippen molar-refractivity contribution >= 4 is 38.7 Å². The molecule has 1 heterocycles. The highest BCUT2D eigenvalue weighted by Crippen LogP contribution is 2.24. The highest BCUT2D eigenvalue weighted by Gasteiger charge is 2.24. The maximum atomic E-state index is 13.3. The molecule has 1 aromatic carbocycles. The molecule has 0 fully saturated rings. The lowest BCUT2D eigenvalue weighted by Gasteiger charge is -2.25. The molecule has 136 valence electrons. The van der Waals surface area contributed by atoms with Crippen molar-refractivity contribution < 1.29 is 22.0 Å². The van der Waals surface area contributed by atoms with Crippen LogP contribution in [0.2, 0.25) is 4.34 Å². The summed E-state index contributed by atoms with van der Waals surface area (Å²) in [5, 5.41) is 0. The van der Waals surface area contributed by atoms with Crippen LogP contribution in [-0.4, -0.2) is 32.0 Å². The van der Waals surface area contributed by atoms with E-state index in [1.54, 1.807) is 19.1 Å². The third kappa shape index (κ3) is 5.23. The molecule has 1 amide bonds. The van der Waals surface area contributed by atoms with Gasteiger partial charge < -0.3 is 4.90 Å². The molecule has 9 heteroatoms. The predicted molar refractivity (Wildman–Crippen MR) is 94.4 cm³/mol. The highest BCUT2D eigenvalue weighted by atomic mass is 35.5. The summed E-state index contributed by atoms with van der Waals surface area (Å²) < 4.78 is 51.2. The molecule has 0 aliphatic rings. The van der Waals surface area contributed by atoms with Crippen molar-refractivity contribution in [1.29, 1.82) is 0 Å². The Morgan fingerprint density at radius 2 is 1.92 bits per heavy atom. The van der Waals surface area contributed by atoms with E-state index in [1.807, 2.05) is 0 Å². The second kappa shape index (κ2) is 7.80. The monoisotopic (exact) mass is 407 g/mol. The SMILES string of the molecule is C[C@@H](c1ccc(F)c(F)c1)N(C)C(=O)CS(=O)(=O)Cc1ccc(Cl)s1. The molecule has 1 atom stereocenters. The third-order valence-electron chi connectivity index (χ3n) is 3.73. The van der Waals surface area contributed by atoms with Gasteiger partial charge in [-0.1, -0.05) is 17.7 Å². The minimum atomic E-state index is -3.67. The van der Waals surface area contributed by atoms with Gasteiger partial charge in [-0.3, -0.25) is 4.79 Å². The summed E-state index contributed by atoms with van der Waals surface area (Å²) in [4.78, 5) is 14.0. The lowest BCUT2D eigenvalue weighted by atomic mass is 10.1. The lowest BCUT2D eigenvalue weighted by molar-refractivity contribution is -0.129. The average molecular weight is 408 g/mol. The first-order chi connectivity index (χ1) is 11.6. The number of halogens is 3. The fraction of sp³-hybridized carbons (Fsp3) is 0.312. The Labute approximate surface area is 153 Å². The summed E-state index contributed by atoms with van der Waals surface area (Å²) >= 11 is 6.91. The molecule has 1 aromatic heterocycles. The number of carbonyl (C=O) groups excluding carboxylic acids is 1. The first-order valence-electron chi connectivity index (χ1n) is 7.24. The first-order valence-corrected chi connectivity index (χ1v) is 10.3. The van der Waals surface area contributed by atoms with Crippen LogP contribution in [0.25, 0.3) is 0 Å². The van der Waals surface area contributed by atoms with E-state index in [4.69, 9.17) is 11.6 Å². The van der Waals surface area contributed by atoms with Gasteiger partial charge in [0, 0.05) is 11.9 Å². The summed E-state index contributed by atoms with van der Waals surface area (Å²) in [7, 11) is -2.25. The second-order valence-electron chi connectivity index (χ2n) is 5.59. The van der Waals surface area contributed by atoms with Gasteiger partial charge in [-0.05, 0) is 36.8 Å². The van der Waals surface area contributed by atoms with E-state index in [-0.39, 0.29) is 5.75 Å². The number of thiophene rings is 1. The van der Waals surface area contributed by atoms with E-state index < -0.39 is 39.2 Å². The van der Waals surface area contributed by atoms with Crippen LogP contribution in [0.15, 0.2) is 30.3 Å². The minimum Gasteiger partial charge on any atom is -0.338 e. The Kier molecular flexibility index (Phi) is 6.18. The summed E-state index contributed by atoms with van der Waals surface area (Å²) in [6.45, 7) is 1.61. The van der Waals surface area contributed by atoms with E-state index >= 15 is 0 Å². The van der Waals surface area contributed by atoms with Crippen LogP contribution >= 0.6 is 22.9 Å². The van der Waals surface area contributed by atoms with Crippen molar-refractivity contribution in [3.8, 4) is 0 Å². The zero-order chi connectivity index (χ0) is 18.8. The number of rotatable bonds is 6. The molecular weight excluding hydrogens is 392 g/mol. The van der Waals surface area contributed by atoms with Gasteiger partial charge in [0.05, 0.1) is 16.1 Å². The smallest absolute Gasteiger partial charge is 0.238 e. The Hall–Kier alpha value is -1.51. The lowest BCUT2D eigenvalue weighted by Crippen LogP contribution is -2.34. The summed E-state index contributed by atoms with van der Waals surface area (Å²) in [5.41, 5.74) is 0.372. The van der Waals surface area contributed by atoms with Crippen molar-refractivity contribution in [2.45, 2.75) is 18.7 Å². The van der Waals surface area contributed by atoms with Crippen LogP contribution in [0, 0.1) is 11.6 Å². The van der Waals surface area contributed by atoms with E-state index in [9.17, 15) is 22.0 Å². The molecule has 0 aliphatic heterocycles. The molecule has 0 spiro atoms. The molecule has 0 aliphatic carbocycles. The number of benzene rings is 1. The van der Waals surface area contributed by atoms with Crippen molar-refractivity contribution in [2.24, 2.45) is 0 Å². The van der Waals surface area contributed by atoms with Crippen LogP contribution in [0.5, 0.6) is 0 Å². The van der Waals surface area contributed by atoms with Crippen LogP contribution in [-0.2, 0) is 20.4 Å². The fourth-order valence-electron chi connectivity index (χ4n) is 2.20. The van der Waals surface area contributed by atoms with E-state index in [2.05, 4.69) is 0 Å². The standard InChI is InChI=1S/C16H16ClF2NO3S2/c1-10(11-3-5-13(18)14(19)7-11)20(2)16(21)9-25(22,23)8-12-4-6-15(17)24-12/h3-7,10H,8-9H2,1-2H3/t10-/m0/s1. The molecule has 0 saturated heterocycles. The van der Waals surface area contributed by atoms with Gasteiger partial charge in [-0.15, -0.1) is 11.3 Å². The molecule has 0 unspecified atom stereocenters. The minimum absolute atomic E-state index is 0.274. The molecule has 2 rings (SSSR count). The van der Waals surface area contributed by atoms with E-state index in [0.29, 0.717) is 14.8 Å². The molecule has 0 radical (unpaired) electrons. The molecule has 2 aromatic rings. The van der Waals surface area contributed by atoms with Gasteiger partial charge in [-0.2, -0.15) is 0 Å². The Bertz CT molecular complexity index is 883. The Balaban J connectivity index is 2.06. The normalized spacial score (nSPS) is 12.8. The predicted octanol–water partition coefficient (Wildman–Crippen LogP) is 3.81. The number of hydrogen-bond donors (Lipinski definition) is 0. The van der Waals surface area contributed by atoms with E-state index in [0.717, 1.165) is 23.5 Å². The van der Waals surface area contributed by atoms with Crippen molar-refractivity contribution in [2.75, 3.05) is 12.8 Å². The van der Waals surface area contributed by atoms with Crippen molar-refractivity contribution in [3.63, 3.8) is 0 Å². The van der Waals surface area contributed by atoms with Crippen molar-refractivity contribution in [1.82, 2.24) is 4.90 Å². The van der Waals surface area contributed by atoms with Gasteiger partial charge >= 0.3 is 0 Å². The first kappa shape index (κ1) is 19.8. The molecule has 25 heavy (non-hydrogen) atoms. The summed E-state index contributed by atoms with van der Waals surface area (Å²) in [5.74, 6) is -3.58. The maximum Gasteiger partial charge on any atom is 0.238 e. The zero-order valence-corrected chi connectivity index (χ0v) is 15.9. The topological polar surface area (TPSA) is 54.5 Å². The van der Waals surface area contributed by atoms with Crippen LogP contribution in [0.1, 0.15) is 23.4 Å². The summed E-state index contributed by atoms with van der Waals surface area (Å²) in [6.07, 6.45) is 0. The zero-order valence-electron chi connectivity index (χ0n) is 13.5. The number of sulfone groups is 1. The number of amides is 1. The molecule has 0 N–H and O–H groups in total. The highest BCUT2D eigenvalue weighted by molar-refractivity contribution is 7.91. The number of hydrogen-bond acceptors (Lipinski definition) is 4. The fourth-order valence-corrected chi connectivity index (χ4v) is 5.07. The second-order valence-corrected chi connectivity index (χ2v) is 9.46. The van der Waals surface area contributed by atoms with Gasteiger partial charge in [0.25, 0.3) is 0 Å². The van der Waals surface area contributed by atoms with Gasteiger partial charge in [0.2, 0.25) is 5.91 Å². The average Bonchev–Trinajstić information content (AvgIpc) is 2.92. The van der Waals surface area contributed by atoms with Crippen molar-refractivity contribution in [3.05, 3.63) is 56.7 Å². The molecule has 0 saturated carbocycles. The molecular formula is C16H16ClF2NO3S2. The molecule has 4 nitrogen and oxygen atoms in total. The third-order valence-corrected chi connectivity index (χ3v) is 6.59. The number of carbonyl (C=O) groups is 1. The molecule has 0 bridgehead atoms. The summed E-state index contributed by atoms with van der Waals surface area (Å²) in [6, 6.07) is 5.91. The quantitative estimate of drug-likeness (QED) is 0.731. The van der Waals surface area contributed by atoms with Crippen LogP contribution in [0.3, 0.4) is 0 Å². The van der Waals surface area contributed by atoms with Crippen LogP contribution in [0.4, 0.5) is 8.78 Å². The van der Waals surface area contributed by atoms with Crippen LogP contribution < -0.4 is 0 Å².